The number of nitrogens with one attached hydrogen (secondary N) is 1. The van der Waals surface area contributed by atoms with Crippen molar-refractivity contribution in [2.45, 2.75) is 39.3 Å². The van der Waals surface area contributed by atoms with Gasteiger partial charge in [0.25, 0.3) is 0 Å². The van der Waals surface area contributed by atoms with E-state index in [1.54, 1.807) is 0 Å². The summed E-state index contributed by atoms with van der Waals surface area (Å²) in [5, 5.41) is 2.91. The summed E-state index contributed by atoms with van der Waals surface area (Å²) in [5.41, 5.74) is 3.77. The molecular weight excluding hydrogens is 314 g/mol. The fourth-order valence-corrected chi connectivity index (χ4v) is 3.47. The molecule has 1 atom stereocenters. The molecule has 2 amide bonds. The quantitative estimate of drug-likeness (QED) is 0.851. The van der Waals surface area contributed by atoms with Crippen molar-refractivity contribution in [1.29, 1.82) is 0 Å². The Bertz CT molecular complexity index is 683. The van der Waals surface area contributed by atoms with Crippen molar-refractivity contribution in [2.24, 2.45) is 0 Å². The number of carbonyl (C=O) groups is 2. The molecule has 3 rings (SSSR count). The van der Waals surface area contributed by atoms with Crippen molar-refractivity contribution in [3.05, 3.63) is 47.0 Å². The molecule has 1 saturated heterocycles. The van der Waals surface area contributed by atoms with Gasteiger partial charge >= 0.3 is 0 Å². The molecule has 0 spiro atoms. The Hall–Kier alpha value is -2.14. The van der Waals surface area contributed by atoms with Gasteiger partial charge in [0.15, 0.2) is 0 Å². The summed E-state index contributed by atoms with van der Waals surface area (Å²) in [4.78, 5) is 29.1. The van der Waals surface area contributed by atoms with E-state index >= 15 is 0 Å². The zero-order valence-corrected chi connectivity index (χ0v) is 15.1. The molecule has 5 nitrogen and oxygen atoms in total. The van der Waals surface area contributed by atoms with Gasteiger partial charge in [-0.05, 0) is 31.4 Å². The second-order valence-electron chi connectivity index (χ2n) is 7.05. The minimum Gasteiger partial charge on any atom is -0.353 e. The van der Waals surface area contributed by atoms with Gasteiger partial charge in [0.2, 0.25) is 11.8 Å². The SMILES string of the molecule is CC1=CCN(C(=O)C[C@H]2C(=O)NCCN2Cc2ccccc2C)CC1. The molecule has 25 heavy (non-hydrogen) atoms. The number of hydrogen-bond acceptors (Lipinski definition) is 3. The monoisotopic (exact) mass is 341 g/mol. The predicted molar refractivity (Wildman–Crippen MR) is 98.0 cm³/mol. The highest BCUT2D eigenvalue weighted by Crippen LogP contribution is 2.18. The Kier molecular flexibility index (Phi) is 5.53. The molecular formula is C20H27N3O2. The molecule has 2 aliphatic heterocycles. The molecule has 0 bridgehead atoms. The van der Waals surface area contributed by atoms with Gasteiger partial charge in [-0.2, -0.15) is 0 Å². The third kappa shape index (κ3) is 4.28. The van der Waals surface area contributed by atoms with Crippen LogP contribution in [0.1, 0.15) is 30.9 Å². The molecule has 2 aliphatic rings. The lowest BCUT2D eigenvalue weighted by Crippen LogP contribution is -2.56. The Morgan fingerprint density at radius 2 is 2.04 bits per heavy atom. The molecule has 0 radical (unpaired) electrons. The summed E-state index contributed by atoms with van der Waals surface area (Å²) in [6.07, 6.45) is 3.29. The third-order valence-corrected chi connectivity index (χ3v) is 5.23. The molecule has 1 aromatic carbocycles. The van der Waals surface area contributed by atoms with Crippen LogP contribution in [0.2, 0.25) is 0 Å². The maximum Gasteiger partial charge on any atom is 0.237 e. The lowest BCUT2D eigenvalue weighted by atomic mass is 10.0. The van der Waals surface area contributed by atoms with E-state index in [4.69, 9.17) is 0 Å². The second-order valence-corrected chi connectivity index (χ2v) is 7.05. The van der Waals surface area contributed by atoms with Crippen molar-refractivity contribution >= 4 is 11.8 Å². The first kappa shape index (κ1) is 17.7. The number of amides is 2. The number of benzene rings is 1. The zero-order chi connectivity index (χ0) is 17.8. The number of nitrogens with zero attached hydrogens (tertiary/aromatic N) is 2. The highest BCUT2D eigenvalue weighted by molar-refractivity contribution is 5.89. The van der Waals surface area contributed by atoms with Crippen LogP contribution in [0, 0.1) is 6.92 Å². The first-order chi connectivity index (χ1) is 12.0. The van der Waals surface area contributed by atoms with E-state index in [0.717, 1.165) is 19.5 Å². The number of piperazine rings is 1. The van der Waals surface area contributed by atoms with Crippen LogP contribution < -0.4 is 5.32 Å². The topological polar surface area (TPSA) is 52.7 Å². The summed E-state index contributed by atoms with van der Waals surface area (Å²) in [7, 11) is 0. The van der Waals surface area contributed by atoms with Crippen LogP contribution in [0.5, 0.6) is 0 Å². The van der Waals surface area contributed by atoms with Gasteiger partial charge in [-0.1, -0.05) is 35.9 Å². The third-order valence-electron chi connectivity index (χ3n) is 5.23. The summed E-state index contributed by atoms with van der Waals surface area (Å²) in [5.74, 6) is 0.0394. The normalized spacial score (nSPS) is 21.7. The lowest BCUT2D eigenvalue weighted by molar-refractivity contribution is -0.138. The Balaban J connectivity index is 1.69. The van der Waals surface area contributed by atoms with Crippen LogP contribution in [-0.4, -0.2) is 53.8 Å². The molecule has 1 N–H and O–H groups in total. The fourth-order valence-electron chi connectivity index (χ4n) is 3.47. The second kappa shape index (κ2) is 7.83. The number of hydrogen-bond donors (Lipinski definition) is 1. The summed E-state index contributed by atoms with van der Waals surface area (Å²) >= 11 is 0. The molecule has 0 saturated carbocycles. The molecule has 2 heterocycles. The van der Waals surface area contributed by atoms with Gasteiger partial charge in [0, 0.05) is 32.7 Å². The van der Waals surface area contributed by atoms with Crippen LogP contribution in [-0.2, 0) is 16.1 Å². The minimum absolute atomic E-state index is 0.0306. The van der Waals surface area contributed by atoms with Crippen LogP contribution in [0.4, 0.5) is 0 Å². The minimum atomic E-state index is -0.382. The van der Waals surface area contributed by atoms with Crippen molar-refractivity contribution < 1.29 is 9.59 Å². The molecule has 0 aromatic heterocycles. The highest BCUT2D eigenvalue weighted by atomic mass is 16.2. The first-order valence-corrected chi connectivity index (χ1v) is 9.04. The van der Waals surface area contributed by atoms with Crippen LogP contribution >= 0.6 is 0 Å². The van der Waals surface area contributed by atoms with Crippen molar-refractivity contribution in [3.63, 3.8) is 0 Å². The van der Waals surface area contributed by atoms with Gasteiger partial charge in [-0.25, -0.2) is 0 Å². The first-order valence-electron chi connectivity index (χ1n) is 9.04. The number of aryl methyl sites for hydroxylation is 1. The highest BCUT2D eigenvalue weighted by Gasteiger charge is 2.33. The summed E-state index contributed by atoms with van der Waals surface area (Å²) < 4.78 is 0. The van der Waals surface area contributed by atoms with E-state index in [1.165, 1.54) is 16.7 Å². The van der Waals surface area contributed by atoms with Gasteiger partial charge in [-0.3, -0.25) is 14.5 Å². The van der Waals surface area contributed by atoms with Crippen molar-refractivity contribution in [3.8, 4) is 0 Å². The Labute approximate surface area is 149 Å². The van der Waals surface area contributed by atoms with Gasteiger partial charge in [-0.15, -0.1) is 0 Å². The number of carbonyl (C=O) groups excluding carboxylic acids is 2. The van der Waals surface area contributed by atoms with E-state index in [9.17, 15) is 9.59 Å². The summed E-state index contributed by atoms with van der Waals surface area (Å²) in [6, 6.07) is 7.84. The largest absolute Gasteiger partial charge is 0.353 e. The van der Waals surface area contributed by atoms with Gasteiger partial charge in [0.1, 0.15) is 0 Å². The molecule has 5 heteroatoms. The average Bonchev–Trinajstić information content (AvgIpc) is 2.60. The van der Waals surface area contributed by atoms with E-state index in [1.807, 2.05) is 17.0 Å². The lowest BCUT2D eigenvalue weighted by Gasteiger charge is -2.36. The summed E-state index contributed by atoms with van der Waals surface area (Å²) in [6.45, 7) is 7.72. The Morgan fingerprint density at radius 3 is 2.76 bits per heavy atom. The molecule has 134 valence electrons. The van der Waals surface area contributed by atoms with Crippen LogP contribution in [0.15, 0.2) is 35.9 Å². The predicted octanol–water partition coefficient (Wildman–Crippen LogP) is 1.86. The Morgan fingerprint density at radius 1 is 1.24 bits per heavy atom. The van der Waals surface area contributed by atoms with E-state index in [-0.39, 0.29) is 24.3 Å². The van der Waals surface area contributed by atoms with Gasteiger partial charge < -0.3 is 10.2 Å². The van der Waals surface area contributed by atoms with Crippen molar-refractivity contribution in [2.75, 3.05) is 26.2 Å². The van der Waals surface area contributed by atoms with E-state index in [2.05, 4.69) is 42.3 Å². The standard InChI is InChI=1S/C20H27N3O2/c1-15-7-10-22(11-8-15)19(24)13-18-20(25)21-9-12-23(18)14-17-6-4-3-5-16(17)2/h3-7,18H,8-14H2,1-2H3,(H,21,25)/t18-/m0/s1. The van der Waals surface area contributed by atoms with Crippen molar-refractivity contribution in [1.82, 2.24) is 15.1 Å². The zero-order valence-electron chi connectivity index (χ0n) is 15.1. The molecule has 0 aliphatic carbocycles. The molecule has 0 unspecified atom stereocenters. The number of rotatable bonds is 4. The van der Waals surface area contributed by atoms with Gasteiger partial charge in [0.05, 0.1) is 12.5 Å². The van der Waals surface area contributed by atoms with E-state index < -0.39 is 0 Å². The van der Waals surface area contributed by atoms with E-state index in [0.29, 0.717) is 19.6 Å². The average molecular weight is 341 g/mol. The van der Waals surface area contributed by atoms with Crippen LogP contribution in [0.3, 0.4) is 0 Å². The fraction of sp³-hybridized carbons (Fsp3) is 0.500. The molecule has 1 aromatic rings. The maximum atomic E-state index is 12.7. The maximum absolute atomic E-state index is 12.7. The smallest absolute Gasteiger partial charge is 0.237 e. The van der Waals surface area contributed by atoms with Crippen LogP contribution in [0.25, 0.3) is 0 Å². The molecule has 1 fully saturated rings.